The Kier molecular flexibility index (Phi) is 5.40. The molecule has 1 rings (SSSR count). The average molecular weight is 258 g/mol. The van der Waals surface area contributed by atoms with E-state index in [1.807, 2.05) is 0 Å². The van der Waals surface area contributed by atoms with Gasteiger partial charge in [0.2, 0.25) is 0 Å². The molecule has 1 aliphatic carbocycles. The van der Waals surface area contributed by atoms with Crippen LogP contribution in [0.2, 0.25) is 0 Å². The van der Waals surface area contributed by atoms with Gasteiger partial charge in [-0.3, -0.25) is 0 Å². The highest BCUT2D eigenvalue weighted by atomic mass is 16.4. The highest BCUT2D eigenvalue weighted by Gasteiger charge is 2.32. The maximum atomic E-state index is 12.2. The second-order valence-corrected chi connectivity index (χ2v) is 4.76. The number of hydrogen-bond donors (Lipinski definition) is 2. The van der Waals surface area contributed by atoms with Crippen LogP contribution in [0.25, 0.3) is 0 Å². The third-order valence-corrected chi connectivity index (χ3v) is 3.56. The zero-order valence-electron chi connectivity index (χ0n) is 11.0. The van der Waals surface area contributed by atoms with Gasteiger partial charge in [0.15, 0.2) is 0 Å². The topological polar surface area (TPSA) is 81.1 Å². The van der Waals surface area contributed by atoms with E-state index in [1.165, 1.54) is 18.9 Å². The Morgan fingerprint density at radius 2 is 2.00 bits per heavy atom. The van der Waals surface area contributed by atoms with Crippen LogP contribution in [0.5, 0.6) is 0 Å². The van der Waals surface area contributed by atoms with E-state index in [1.54, 1.807) is 4.90 Å². The van der Waals surface area contributed by atoms with Crippen molar-refractivity contribution < 1.29 is 19.8 Å². The van der Waals surface area contributed by atoms with E-state index >= 15 is 0 Å². The summed E-state index contributed by atoms with van der Waals surface area (Å²) in [6, 6.07) is -0.898. The van der Waals surface area contributed by atoms with Crippen molar-refractivity contribution in [2.24, 2.45) is 0 Å². The molecule has 1 fully saturated rings. The number of aliphatic hydroxyl groups is 1. The molecule has 1 atom stereocenters. The molecule has 0 aromatic rings. The Labute approximate surface area is 107 Å². The highest BCUT2D eigenvalue weighted by molar-refractivity contribution is 5.82. The molecule has 0 bridgehead atoms. The lowest BCUT2D eigenvalue weighted by Gasteiger charge is -2.40. The van der Waals surface area contributed by atoms with Gasteiger partial charge in [-0.1, -0.05) is 0 Å². The summed E-state index contributed by atoms with van der Waals surface area (Å²) in [6.45, 7) is 2.01. The lowest BCUT2D eigenvalue weighted by Crippen LogP contribution is -2.53. The van der Waals surface area contributed by atoms with Gasteiger partial charge in [0.25, 0.3) is 0 Å². The van der Waals surface area contributed by atoms with E-state index in [0.29, 0.717) is 13.0 Å². The van der Waals surface area contributed by atoms with Gasteiger partial charge in [-0.2, -0.15) is 0 Å². The van der Waals surface area contributed by atoms with Crippen molar-refractivity contribution in [2.45, 2.75) is 44.7 Å². The molecule has 2 amide bonds. The normalized spacial score (nSPS) is 16.8. The maximum absolute atomic E-state index is 12.2. The van der Waals surface area contributed by atoms with Crippen LogP contribution in [0.1, 0.15) is 32.6 Å². The van der Waals surface area contributed by atoms with E-state index in [0.717, 1.165) is 19.3 Å². The van der Waals surface area contributed by atoms with Crippen LogP contribution in [-0.4, -0.2) is 64.3 Å². The maximum Gasteiger partial charge on any atom is 0.326 e. The molecule has 0 saturated heterocycles. The number of aliphatic carboxylic acids is 1. The predicted molar refractivity (Wildman–Crippen MR) is 66.3 cm³/mol. The van der Waals surface area contributed by atoms with E-state index in [9.17, 15) is 9.59 Å². The van der Waals surface area contributed by atoms with Gasteiger partial charge in [0.1, 0.15) is 6.04 Å². The largest absolute Gasteiger partial charge is 0.480 e. The first-order valence-corrected chi connectivity index (χ1v) is 6.36. The first-order valence-electron chi connectivity index (χ1n) is 6.36. The number of carbonyl (C=O) groups excluding carboxylic acids is 1. The number of hydrogen-bond acceptors (Lipinski definition) is 3. The number of likely N-dealkylation sites (N-methyl/N-ethyl adjacent to an activating group) is 1. The minimum atomic E-state index is -1.01. The summed E-state index contributed by atoms with van der Waals surface area (Å²) in [7, 11) is 1.51. The molecule has 104 valence electrons. The summed E-state index contributed by atoms with van der Waals surface area (Å²) in [5, 5.41) is 17.8. The number of carboxylic acids is 1. The standard InChI is InChI=1S/C12H22N2O4/c1-9(11(16)17)13(2)12(18)14(7-4-8-15)10-5-3-6-10/h9-10,15H,3-8H2,1-2H3,(H,16,17). The fraction of sp³-hybridized carbons (Fsp3) is 0.833. The van der Waals surface area contributed by atoms with Crippen LogP contribution in [0.3, 0.4) is 0 Å². The zero-order chi connectivity index (χ0) is 13.7. The lowest BCUT2D eigenvalue weighted by molar-refractivity contribution is -0.141. The molecule has 0 aromatic heterocycles. The lowest BCUT2D eigenvalue weighted by atomic mass is 9.91. The van der Waals surface area contributed by atoms with Crippen molar-refractivity contribution in [3.8, 4) is 0 Å². The molecule has 0 spiro atoms. The molecule has 1 unspecified atom stereocenters. The summed E-state index contributed by atoms with van der Waals surface area (Å²) in [5.41, 5.74) is 0. The second-order valence-electron chi connectivity index (χ2n) is 4.76. The molecular formula is C12H22N2O4. The van der Waals surface area contributed by atoms with Crippen LogP contribution < -0.4 is 0 Å². The quantitative estimate of drug-likeness (QED) is 0.736. The minimum Gasteiger partial charge on any atom is -0.480 e. The minimum absolute atomic E-state index is 0.0364. The van der Waals surface area contributed by atoms with Gasteiger partial charge >= 0.3 is 12.0 Å². The van der Waals surface area contributed by atoms with Crippen molar-refractivity contribution in [3.05, 3.63) is 0 Å². The average Bonchev–Trinajstić information content (AvgIpc) is 2.28. The van der Waals surface area contributed by atoms with Crippen molar-refractivity contribution in [1.82, 2.24) is 9.80 Å². The van der Waals surface area contributed by atoms with E-state index < -0.39 is 12.0 Å². The van der Waals surface area contributed by atoms with E-state index in [2.05, 4.69) is 0 Å². The fourth-order valence-electron chi connectivity index (χ4n) is 1.91. The molecule has 0 radical (unpaired) electrons. The van der Waals surface area contributed by atoms with Crippen molar-refractivity contribution in [1.29, 1.82) is 0 Å². The van der Waals surface area contributed by atoms with Crippen LogP contribution >= 0.6 is 0 Å². The molecule has 0 heterocycles. The van der Waals surface area contributed by atoms with Crippen LogP contribution in [0.15, 0.2) is 0 Å². The van der Waals surface area contributed by atoms with Crippen LogP contribution in [0.4, 0.5) is 4.79 Å². The Hall–Kier alpha value is -1.30. The number of amides is 2. The highest BCUT2D eigenvalue weighted by Crippen LogP contribution is 2.26. The van der Waals surface area contributed by atoms with Gasteiger partial charge in [-0.25, -0.2) is 9.59 Å². The number of carboxylic acid groups (broad SMARTS) is 1. The summed E-state index contributed by atoms with van der Waals surface area (Å²) in [4.78, 5) is 26.1. The molecule has 1 aliphatic rings. The smallest absolute Gasteiger partial charge is 0.326 e. The van der Waals surface area contributed by atoms with Gasteiger partial charge in [-0.05, 0) is 32.6 Å². The van der Waals surface area contributed by atoms with Crippen LogP contribution in [0, 0.1) is 0 Å². The number of aliphatic hydroxyl groups excluding tert-OH is 1. The first-order chi connectivity index (χ1) is 8.49. The molecule has 1 saturated carbocycles. The number of rotatable bonds is 6. The van der Waals surface area contributed by atoms with Crippen molar-refractivity contribution in [2.75, 3.05) is 20.2 Å². The molecule has 6 nitrogen and oxygen atoms in total. The van der Waals surface area contributed by atoms with Crippen molar-refractivity contribution in [3.63, 3.8) is 0 Å². The summed E-state index contributed by atoms with van der Waals surface area (Å²) >= 11 is 0. The van der Waals surface area contributed by atoms with E-state index in [4.69, 9.17) is 10.2 Å². The Morgan fingerprint density at radius 1 is 1.39 bits per heavy atom. The third kappa shape index (κ3) is 3.35. The third-order valence-electron chi connectivity index (χ3n) is 3.56. The molecular weight excluding hydrogens is 236 g/mol. The Bertz CT molecular complexity index is 304. The molecule has 6 heteroatoms. The summed E-state index contributed by atoms with van der Waals surface area (Å²) < 4.78 is 0. The van der Waals surface area contributed by atoms with Gasteiger partial charge in [0.05, 0.1) is 0 Å². The monoisotopic (exact) mass is 258 g/mol. The van der Waals surface area contributed by atoms with Crippen molar-refractivity contribution >= 4 is 12.0 Å². The Morgan fingerprint density at radius 3 is 2.39 bits per heavy atom. The predicted octanol–water partition coefficient (Wildman–Crippen LogP) is 0.748. The van der Waals surface area contributed by atoms with Gasteiger partial charge < -0.3 is 20.0 Å². The van der Waals surface area contributed by atoms with Gasteiger partial charge in [-0.15, -0.1) is 0 Å². The van der Waals surface area contributed by atoms with E-state index in [-0.39, 0.29) is 18.7 Å². The van der Waals surface area contributed by atoms with Gasteiger partial charge in [0, 0.05) is 26.2 Å². The Balaban J connectivity index is 2.65. The number of carbonyl (C=O) groups is 2. The van der Waals surface area contributed by atoms with Crippen LogP contribution in [-0.2, 0) is 4.79 Å². The molecule has 18 heavy (non-hydrogen) atoms. The second kappa shape index (κ2) is 6.58. The molecule has 2 N–H and O–H groups in total. The summed E-state index contributed by atoms with van der Waals surface area (Å²) in [6.07, 6.45) is 3.56. The zero-order valence-corrected chi connectivity index (χ0v) is 11.0. The first kappa shape index (κ1) is 14.8. The molecule has 0 aliphatic heterocycles. The number of urea groups is 1. The number of nitrogens with zero attached hydrogens (tertiary/aromatic N) is 2. The summed E-state index contributed by atoms with van der Waals surface area (Å²) in [5.74, 6) is -1.01. The SMILES string of the molecule is CC(C(=O)O)N(C)C(=O)N(CCCO)C1CCC1. The fourth-order valence-corrected chi connectivity index (χ4v) is 1.91. The molecule has 0 aromatic carbocycles.